The first-order valence-corrected chi connectivity index (χ1v) is 8.95. The van der Waals surface area contributed by atoms with Crippen LogP contribution >= 0.6 is 46.1 Å². The molecule has 5 heteroatoms. The molecule has 0 spiro atoms. The first-order valence-electron chi connectivity index (χ1n) is 6.94. The van der Waals surface area contributed by atoms with Crippen molar-refractivity contribution in [1.82, 2.24) is 5.32 Å². The van der Waals surface area contributed by atoms with Crippen molar-refractivity contribution in [3.63, 3.8) is 0 Å². The number of thiophene rings is 1. The van der Waals surface area contributed by atoms with Crippen LogP contribution in [0.4, 0.5) is 0 Å². The lowest BCUT2D eigenvalue weighted by Crippen LogP contribution is -2.23. The number of hydrogen-bond acceptors (Lipinski definition) is 2. The highest BCUT2D eigenvalue weighted by Gasteiger charge is 2.19. The Morgan fingerprint density at radius 2 is 1.95 bits per heavy atom. The number of aryl methyl sites for hydroxylation is 1. The topological polar surface area (TPSA) is 12.0 Å². The summed E-state index contributed by atoms with van der Waals surface area (Å²) in [6, 6.07) is 5.92. The summed E-state index contributed by atoms with van der Waals surface area (Å²) >= 11 is 20.5. The number of rotatable bonds is 6. The van der Waals surface area contributed by atoms with E-state index in [1.54, 1.807) is 11.3 Å². The monoisotopic (exact) mass is 361 g/mol. The molecule has 1 heterocycles. The average molecular weight is 363 g/mol. The molecule has 1 nitrogen and oxygen atoms in total. The van der Waals surface area contributed by atoms with E-state index in [9.17, 15) is 0 Å². The molecule has 2 aromatic rings. The van der Waals surface area contributed by atoms with Crippen LogP contribution in [-0.2, 0) is 6.42 Å². The zero-order chi connectivity index (χ0) is 15.4. The summed E-state index contributed by atoms with van der Waals surface area (Å²) in [6.45, 7) is 5.12. The van der Waals surface area contributed by atoms with Crippen LogP contribution in [0, 0.1) is 6.92 Å². The van der Waals surface area contributed by atoms with Gasteiger partial charge in [-0.15, -0.1) is 11.3 Å². The molecule has 0 amide bonds. The number of hydrogen-bond donors (Lipinski definition) is 1. The van der Waals surface area contributed by atoms with Crippen LogP contribution in [0.2, 0.25) is 15.1 Å². The molecule has 0 bridgehead atoms. The van der Waals surface area contributed by atoms with Gasteiger partial charge < -0.3 is 5.32 Å². The average Bonchev–Trinajstić information content (AvgIpc) is 2.80. The fraction of sp³-hybridized carbons (Fsp3) is 0.375. The molecular formula is C16H18Cl3NS. The summed E-state index contributed by atoms with van der Waals surface area (Å²) < 4.78 is 0. The quantitative estimate of drug-likeness (QED) is 0.635. The Morgan fingerprint density at radius 3 is 2.57 bits per heavy atom. The lowest BCUT2D eigenvalue weighted by atomic mass is 10.0. The van der Waals surface area contributed by atoms with Crippen molar-refractivity contribution in [3.05, 3.63) is 54.7 Å². The van der Waals surface area contributed by atoms with E-state index in [0.717, 1.165) is 35.5 Å². The van der Waals surface area contributed by atoms with E-state index in [-0.39, 0.29) is 6.04 Å². The predicted octanol–water partition coefficient (Wildman–Crippen LogP) is 6.30. The van der Waals surface area contributed by atoms with E-state index in [0.29, 0.717) is 10.0 Å². The minimum atomic E-state index is 0.159. The third-order valence-electron chi connectivity index (χ3n) is 3.34. The summed E-state index contributed by atoms with van der Waals surface area (Å²) in [5, 5.41) is 7.73. The van der Waals surface area contributed by atoms with Crippen molar-refractivity contribution in [2.24, 2.45) is 0 Å². The van der Waals surface area contributed by atoms with Crippen LogP contribution in [0.25, 0.3) is 0 Å². The Morgan fingerprint density at radius 1 is 1.19 bits per heavy atom. The standard InChI is InChI=1S/C16H18Cl3NS/c1-3-7-20-13(16-14(18)10(2)9-21-16)8-11-5-4-6-12(17)15(11)19/h4-6,9,13,20H,3,7-8H2,1-2H3. The van der Waals surface area contributed by atoms with E-state index in [2.05, 4.69) is 17.6 Å². The van der Waals surface area contributed by atoms with Crippen LogP contribution in [0.5, 0.6) is 0 Å². The molecule has 1 unspecified atom stereocenters. The zero-order valence-corrected chi connectivity index (χ0v) is 15.1. The van der Waals surface area contributed by atoms with Crippen molar-refractivity contribution in [3.8, 4) is 0 Å². The molecule has 114 valence electrons. The number of halogens is 3. The highest BCUT2D eigenvalue weighted by Crippen LogP contribution is 2.36. The van der Waals surface area contributed by atoms with Crippen LogP contribution in [0.3, 0.4) is 0 Å². The smallest absolute Gasteiger partial charge is 0.0624 e. The van der Waals surface area contributed by atoms with Gasteiger partial charge in [0.1, 0.15) is 0 Å². The maximum atomic E-state index is 6.43. The van der Waals surface area contributed by atoms with Gasteiger partial charge in [-0.25, -0.2) is 0 Å². The minimum absolute atomic E-state index is 0.159. The summed E-state index contributed by atoms with van der Waals surface area (Å²) in [6.07, 6.45) is 1.85. The molecule has 0 radical (unpaired) electrons. The van der Waals surface area contributed by atoms with Crippen LogP contribution in [0.15, 0.2) is 23.6 Å². The number of nitrogens with one attached hydrogen (secondary N) is 1. The maximum absolute atomic E-state index is 6.43. The second-order valence-corrected chi connectivity index (χ2v) is 7.10. The molecule has 1 aromatic carbocycles. The Bertz CT molecular complexity index is 610. The van der Waals surface area contributed by atoms with Crippen LogP contribution in [-0.4, -0.2) is 6.54 Å². The van der Waals surface area contributed by atoms with Crippen molar-refractivity contribution in [2.45, 2.75) is 32.7 Å². The SMILES string of the molecule is CCCNC(Cc1cccc(Cl)c1Cl)c1scc(C)c1Cl. The van der Waals surface area contributed by atoms with Crippen molar-refractivity contribution >= 4 is 46.1 Å². The van der Waals surface area contributed by atoms with Crippen LogP contribution < -0.4 is 5.32 Å². The second-order valence-electron chi connectivity index (χ2n) is 5.02. The molecular weight excluding hydrogens is 345 g/mol. The van der Waals surface area contributed by atoms with Gasteiger partial charge in [0.25, 0.3) is 0 Å². The molecule has 1 atom stereocenters. The molecule has 0 aliphatic heterocycles. The highest BCUT2D eigenvalue weighted by atomic mass is 35.5. The van der Waals surface area contributed by atoms with Gasteiger partial charge in [-0.1, -0.05) is 53.9 Å². The minimum Gasteiger partial charge on any atom is -0.309 e. The van der Waals surface area contributed by atoms with Crippen molar-refractivity contribution in [1.29, 1.82) is 0 Å². The molecule has 0 saturated carbocycles. The van der Waals surface area contributed by atoms with Gasteiger partial charge in [-0.05, 0) is 48.9 Å². The van der Waals surface area contributed by atoms with E-state index < -0.39 is 0 Å². The summed E-state index contributed by atoms with van der Waals surface area (Å²) in [4.78, 5) is 1.17. The number of benzene rings is 1. The third kappa shape index (κ3) is 4.14. The Kier molecular flexibility index (Phi) is 6.39. The Hall–Kier alpha value is -0.250. The molecule has 0 aliphatic rings. The Labute approximate surface area is 145 Å². The molecule has 0 aliphatic carbocycles. The molecule has 2 rings (SSSR count). The van der Waals surface area contributed by atoms with Gasteiger partial charge in [-0.3, -0.25) is 0 Å². The highest BCUT2D eigenvalue weighted by molar-refractivity contribution is 7.10. The lowest BCUT2D eigenvalue weighted by molar-refractivity contribution is 0.536. The van der Waals surface area contributed by atoms with E-state index in [1.165, 1.54) is 4.88 Å². The normalized spacial score (nSPS) is 12.6. The first kappa shape index (κ1) is 17.1. The first-order chi connectivity index (χ1) is 10.0. The fourth-order valence-corrected chi connectivity index (χ4v) is 3.99. The molecule has 1 N–H and O–H groups in total. The van der Waals surface area contributed by atoms with Gasteiger partial charge in [0.05, 0.1) is 15.1 Å². The van der Waals surface area contributed by atoms with E-state index in [4.69, 9.17) is 34.8 Å². The third-order valence-corrected chi connectivity index (χ3v) is 6.02. The fourth-order valence-electron chi connectivity index (χ4n) is 2.19. The van der Waals surface area contributed by atoms with Gasteiger partial charge in [0, 0.05) is 10.9 Å². The molecule has 0 saturated heterocycles. The predicted molar refractivity (Wildman–Crippen MR) is 95.3 cm³/mol. The van der Waals surface area contributed by atoms with E-state index >= 15 is 0 Å². The lowest BCUT2D eigenvalue weighted by Gasteiger charge is -2.19. The van der Waals surface area contributed by atoms with Crippen molar-refractivity contribution in [2.75, 3.05) is 6.54 Å². The van der Waals surface area contributed by atoms with E-state index in [1.807, 2.05) is 25.1 Å². The summed E-state index contributed by atoms with van der Waals surface area (Å²) in [7, 11) is 0. The second kappa shape index (κ2) is 7.85. The van der Waals surface area contributed by atoms with Gasteiger partial charge in [-0.2, -0.15) is 0 Å². The van der Waals surface area contributed by atoms with Crippen molar-refractivity contribution < 1.29 is 0 Å². The summed E-state index contributed by atoms with van der Waals surface area (Å²) in [5.74, 6) is 0. The molecule has 1 aromatic heterocycles. The van der Waals surface area contributed by atoms with Gasteiger partial charge >= 0.3 is 0 Å². The molecule has 21 heavy (non-hydrogen) atoms. The van der Waals surface area contributed by atoms with Gasteiger partial charge in [0.2, 0.25) is 0 Å². The largest absolute Gasteiger partial charge is 0.309 e. The van der Waals surface area contributed by atoms with Gasteiger partial charge in [0.15, 0.2) is 0 Å². The Balaban J connectivity index is 2.28. The maximum Gasteiger partial charge on any atom is 0.0624 e. The summed E-state index contributed by atoms with van der Waals surface area (Å²) in [5.41, 5.74) is 2.16. The zero-order valence-electron chi connectivity index (χ0n) is 12.1. The molecule has 0 fully saturated rings. The van der Waals surface area contributed by atoms with Crippen LogP contribution in [0.1, 0.15) is 35.4 Å².